The van der Waals surface area contributed by atoms with Gasteiger partial charge in [-0.25, -0.2) is 20.0 Å². The van der Waals surface area contributed by atoms with E-state index in [4.69, 9.17) is 15.2 Å². The van der Waals surface area contributed by atoms with Crippen molar-refractivity contribution in [2.45, 2.75) is 39.0 Å². The SMILES string of the molecule is COc1ccc(C(=O)NP(=O)(COC(C)Cn2cnc3c(N)ncnc32)NC(C)(C)C(=O)O)cc1. The summed E-state index contributed by atoms with van der Waals surface area (Å²) in [6.07, 6.45) is 1.88. The first-order chi connectivity index (χ1) is 16.4. The molecule has 0 fully saturated rings. The van der Waals surface area contributed by atoms with Crippen LogP contribution in [0.2, 0.25) is 0 Å². The molecule has 3 rings (SSSR count). The average Bonchev–Trinajstić information content (AvgIpc) is 3.21. The minimum Gasteiger partial charge on any atom is -0.497 e. The van der Waals surface area contributed by atoms with Crippen LogP contribution in [0.25, 0.3) is 11.2 Å². The van der Waals surface area contributed by atoms with Gasteiger partial charge >= 0.3 is 5.97 Å². The predicted molar refractivity (Wildman–Crippen MR) is 128 cm³/mol. The molecule has 2 atom stereocenters. The zero-order chi connectivity index (χ0) is 25.8. The van der Waals surface area contributed by atoms with E-state index in [1.54, 1.807) is 23.6 Å². The number of carbonyl (C=O) groups is 2. The Labute approximate surface area is 201 Å². The van der Waals surface area contributed by atoms with Crippen molar-refractivity contribution in [3.63, 3.8) is 0 Å². The van der Waals surface area contributed by atoms with Crippen LogP contribution in [0.4, 0.5) is 5.82 Å². The van der Waals surface area contributed by atoms with Gasteiger partial charge in [-0.2, -0.15) is 0 Å². The molecule has 1 aromatic carbocycles. The number of imidazole rings is 1. The second-order valence-electron chi connectivity index (χ2n) is 8.39. The van der Waals surface area contributed by atoms with Crippen molar-refractivity contribution in [1.29, 1.82) is 0 Å². The number of methoxy groups -OCH3 is 1. The number of hydrogen-bond acceptors (Lipinski definition) is 9. The fourth-order valence-corrected chi connectivity index (χ4v) is 5.26. The zero-order valence-electron chi connectivity index (χ0n) is 19.8. The number of nitrogens with one attached hydrogen (secondary N) is 2. The number of hydrogen-bond donors (Lipinski definition) is 4. The van der Waals surface area contributed by atoms with E-state index in [2.05, 4.69) is 25.1 Å². The molecule has 0 saturated carbocycles. The maximum Gasteiger partial charge on any atom is 0.323 e. The summed E-state index contributed by atoms with van der Waals surface area (Å²) in [7, 11) is -2.40. The molecule has 0 aliphatic rings. The third kappa shape index (κ3) is 6.32. The van der Waals surface area contributed by atoms with Crippen LogP contribution in [0.15, 0.2) is 36.9 Å². The molecule has 0 spiro atoms. The molecular formula is C21H28N7O6P. The van der Waals surface area contributed by atoms with Crippen LogP contribution in [0.5, 0.6) is 5.75 Å². The van der Waals surface area contributed by atoms with Gasteiger partial charge in [0.2, 0.25) is 0 Å². The molecule has 5 N–H and O–H groups in total. The maximum absolute atomic E-state index is 13.7. The highest BCUT2D eigenvalue weighted by molar-refractivity contribution is 7.60. The lowest BCUT2D eigenvalue weighted by molar-refractivity contribution is -0.142. The lowest BCUT2D eigenvalue weighted by Gasteiger charge is -2.29. The van der Waals surface area contributed by atoms with Gasteiger partial charge in [0.25, 0.3) is 13.4 Å². The van der Waals surface area contributed by atoms with Crippen LogP contribution in [0.3, 0.4) is 0 Å². The van der Waals surface area contributed by atoms with Crippen LogP contribution in [0.1, 0.15) is 31.1 Å². The Balaban J connectivity index is 1.75. The summed E-state index contributed by atoms with van der Waals surface area (Å²) < 4.78 is 26.3. The van der Waals surface area contributed by atoms with Crippen molar-refractivity contribution in [3.05, 3.63) is 42.5 Å². The van der Waals surface area contributed by atoms with E-state index in [9.17, 15) is 19.3 Å². The van der Waals surface area contributed by atoms with Gasteiger partial charge in [0.05, 0.1) is 26.1 Å². The summed E-state index contributed by atoms with van der Waals surface area (Å²) in [5.74, 6) is -1.11. The molecule has 3 aromatic rings. The normalized spacial score (nSPS) is 14.3. The number of fused-ring (bicyclic) bond motifs is 1. The number of nitrogen functional groups attached to an aromatic ring is 1. The lowest BCUT2D eigenvalue weighted by Crippen LogP contribution is -2.48. The highest BCUT2D eigenvalue weighted by Gasteiger charge is 2.37. The van der Waals surface area contributed by atoms with Gasteiger partial charge in [0.1, 0.15) is 29.5 Å². The molecule has 0 bridgehead atoms. The second kappa shape index (κ2) is 10.4. The Bertz CT molecular complexity index is 1260. The molecule has 2 aromatic heterocycles. The summed E-state index contributed by atoms with van der Waals surface area (Å²) in [5, 5.41) is 14.5. The van der Waals surface area contributed by atoms with E-state index in [0.717, 1.165) is 0 Å². The fourth-order valence-electron chi connectivity index (χ4n) is 3.16. The van der Waals surface area contributed by atoms with Crippen molar-refractivity contribution >= 4 is 36.3 Å². The highest BCUT2D eigenvalue weighted by atomic mass is 31.2. The summed E-state index contributed by atoms with van der Waals surface area (Å²) >= 11 is 0. The number of carboxylic acid groups (broad SMARTS) is 1. The van der Waals surface area contributed by atoms with Crippen LogP contribution in [-0.2, 0) is 20.6 Å². The number of carboxylic acids is 1. The van der Waals surface area contributed by atoms with E-state index in [1.807, 2.05) is 0 Å². The first-order valence-electron chi connectivity index (χ1n) is 10.6. The van der Waals surface area contributed by atoms with E-state index in [-0.39, 0.29) is 17.9 Å². The van der Waals surface area contributed by atoms with Crippen molar-refractivity contribution in [3.8, 4) is 5.75 Å². The fraction of sp³-hybridized carbons (Fsp3) is 0.381. The molecule has 13 nitrogen and oxygen atoms in total. The van der Waals surface area contributed by atoms with Gasteiger partial charge in [-0.1, -0.05) is 0 Å². The van der Waals surface area contributed by atoms with E-state index in [0.29, 0.717) is 16.9 Å². The number of nitrogens with zero attached hydrogens (tertiary/aromatic N) is 4. The maximum atomic E-state index is 13.7. The first kappa shape index (κ1) is 26.1. The Morgan fingerprint density at radius 2 is 1.91 bits per heavy atom. The van der Waals surface area contributed by atoms with E-state index < -0.39 is 37.3 Å². The zero-order valence-corrected chi connectivity index (χ0v) is 20.7. The van der Waals surface area contributed by atoms with Crippen LogP contribution >= 0.6 is 7.44 Å². The lowest BCUT2D eigenvalue weighted by atomic mass is 10.1. The number of rotatable bonds is 11. The number of carbonyl (C=O) groups excluding carboxylic acids is 1. The third-order valence-corrected chi connectivity index (χ3v) is 7.05. The molecule has 2 heterocycles. The summed E-state index contributed by atoms with van der Waals surface area (Å²) in [5.41, 5.74) is 5.38. The molecule has 14 heteroatoms. The van der Waals surface area contributed by atoms with Gasteiger partial charge in [0.15, 0.2) is 11.5 Å². The minimum absolute atomic E-state index is 0.219. The standard InChI is InChI=1S/C21H28N7O6P/c1-13(9-28-11-25-16-17(22)23-10-24-18(16)28)34-12-35(32,27-21(2,3)20(30)31)26-19(29)14-5-7-15(33-4)8-6-14/h5-8,10-11,13H,9,12H2,1-4H3,(H,30,31)(H2,22,23,24)(H2,26,27,29,32). The summed E-state index contributed by atoms with van der Waals surface area (Å²) in [6, 6.07) is 6.17. The minimum atomic E-state index is -3.89. The largest absolute Gasteiger partial charge is 0.497 e. The van der Waals surface area contributed by atoms with Gasteiger partial charge < -0.3 is 24.9 Å². The molecule has 0 aliphatic heterocycles. The van der Waals surface area contributed by atoms with Crippen molar-refractivity contribution in [1.82, 2.24) is 29.7 Å². The number of amides is 1. The highest BCUT2D eigenvalue weighted by Crippen LogP contribution is 2.40. The van der Waals surface area contributed by atoms with Gasteiger partial charge in [-0.3, -0.25) is 19.2 Å². The average molecular weight is 505 g/mol. The second-order valence-corrected chi connectivity index (χ2v) is 10.6. The van der Waals surface area contributed by atoms with Gasteiger partial charge in [-0.15, -0.1) is 0 Å². The Kier molecular flexibility index (Phi) is 7.73. The monoisotopic (exact) mass is 505 g/mol. The van der Waals surface area contributed by atoms with E-state index >= 15 is 0 Å². The number of nitrogens with two attached hydrogens (primary N) is 1. The number of aliphatic carboxylic acids is 1. The topological polar surface area (TPSA) is 184 Å². The molecule has 0 aliphatic carbocycles. The van der Waals surface area contributed by atoms with Crippen molar-refractivity contribution in [2.75, 3.05) is 19.2 Å². The molecule has 0 saturated heterocycles. The smallest absolute Gasteiger partial charge is 0.323 e. The van der Waals surface area contributed by atoms with Crippen molar-refractivity contribution in [2.24, 2.45) is 0 Å². The summed E-state index contributed by atoms with van der Waals surface area (Å²) in [4.78, 5) is 36.7. The first-order valence-corrected chi connectivity index (χ1v) is 12.4. The number of anilines is 1. The van der Waals surface area contributed by atoms with Gasteiger partial charge in [-0.05, 0) is 45.0 Å². The molecule has 1 amide bonds. The Morgan fingerprint density at radius 1 is 1.23 bits per heavy atom. The van der Waals surface area contributed by atoms with Gasteiger partial charge in [0, 0.05) is 5.56 Å². The van der Waals surface area contributed by atoms with E-state index in [1.165, 1.54) is 45.7 Å². The van der Waals surface area contributed by atoms with Crippen molar-refractivity contribution < 1.29 is 28.7 Å². The Morgan fingerprint density at radius 3 is 2.54 bits per heavy atom. The number of benzene rings is 1. The molecular weight excluding hydrogens is 477 g/mol. The molecule has 2 unspecified atom stereocenters. The molecule has 0 radical (unpaired) electrons. The third-order valence-electron chi connectivity index (χ3n) is 5.05. The Hall–Kier alpha value is -3.54. The van der Waals surface area contributed by atoms with Crippen LogP contribution in [-0.4, -0.2) is 61.6 Å². The number of aromatic nitrogens is 4. The predicted octanol–water partition coefficient (Wildman–Crippen LogP) is 1.86. The quantitative estimate of drug-likeness (QED) is 0.279. The number of ether oxygens (including phenoxy) is 2. The summed E-state index contributed by atoms with van der Waals surface area (Å²) in [6.45, 7) is 4.69. The van der Waals surface area contributed by atoms with Crippen LogP contribution < -0.4 is 20.6 Å². The molecule has 188 valence electrons. The molecule has 35 heavy (non-hydrogen) atoms. The van der Waals surface area contributed by atoms with Crippen LogP contribution in [0, 0.1) is 0 Å².